The lowest BCUT2D eigenvalue weighted by molar-refractivity contribution is -0.119. The number of nitrogens with zero attached hydrogens (tertiary/aromatic N) is 5. The van der Waals surface area contributed by atoms with Crippen molar-refractivity contribution < 1.29 is 13.2 Å². The van der Waals surface area contributed by atoms with Gasteiger partial charge in [-0.3, -0.25) is 14.3 Å². The molecule has 10 nitrogen and oxygen atoms in total. The highest BCUT2D eigenvalue weighted by molar-refractivity contribution is 7.92. The number of amides is 1. The summed E-state index contributed by atoms with van der Waals surface area (Å²) in [7, 11) is -2.69. The number of hydrogen-bond acceptors (Lipinski definition) is 5. The topological polar surface area (TPSA) is 111 Å². The van der Waals surface area contributed by atoms with Crippen LogP contribution < -0.4 is 15.3 Å². The average molecular weight is 666 g/mol. The van der Waals surface area contributed by atoms with Gasteiger partial charge in [0.15, 0.2) is 0 Å². The van der Waals surface area contributed by atoms with E-state index in [1.54, 1.807) is 79.3 Å². The molecular formula is C32H30Cl2N6O4S. The van der Waals surface area contributed by atoms with E-state index in [0.717, 1.165) is 15.7 Å². The van der Waals surface area contributed by atoms with E-state index in [2.05, 4.69) is 10.5 Å². The average Bonchev–Trinajstić information content (AvgIpc) is 3.42. The predicted octanol–water partition coefficient (Wildman–Crippen LogP) is 5.54. The predicted molar refractivity (Wildman–Crippen MR) is 178 cm³/mol. The van der Waals surface area contributed by atoms with Crippen molar-refractivity contribution in [3.8, 4) is 11.4 Å². The third kappa shape index (κ3) is 6.19. The number of anilines is 1. The van der Waals surface area contributed by atoms with Crippen molar-refractivity contribution in [2.45, 2.75) is 25.7 Å². The standard InChI is InChI=1S/C32H30Cl2N6O4S/c1-21-17-24(22(2)39(21)29-18-25(33)15-16-28(29)34)19-35-36-30(41)20-38(45(43,44)27-13-9-6-10-14-27)31-23(3)37(4)40(32(31)42)26-11-7-5-8-12-26/h5-19H,20H2,1-4H3,(H,36,41)/b35-19-. The fourth-order valence-corrected chi connectivity index (χ4v) is 6.99. The maximum Gasteiger partial charge on any atom is 0.296 e. The second-order valence-electron chi connectivity index (χ2n) is 10.3. The number of aromatic nitrogens is 3. The second-order valence-corrected chi connectivity index (χ2v) is 13.0. The van der Waals surface area contributed by atoms with Crippen molar-refractivity contribution in [2.75, 3.05) is 10.8 Å². The Morgan fingerprint density at radius 2 is 1.58 bits per heavy atom. The van der Waals surface area contributed by atoms with Crippen LogP contribution in [0.4, 0.5) is 5.69 Å². The number of rotatable bonds is 9. The van der Waals surface area contributed by atoms with Crippen LogP contribution in [-0.4, -0.2) is 41.0 Å². The van der Waals surface area contributed by atoms with Gasteiger partial charge in [-0.2, -0.15) is 5.10 Å². The van der Waals surface area contributed by atoms with Gasteiger partial charge in [-0.25, -0.2) is 22.8 Å². The summed E-state index contributed by atoms with van der Waals surface area (Å²) in [5.41, 5.74) is 5.62. The molecule has 5 rings (SSSR count). The molecule has 0 saturated carbocycles. The molecule has 232 valence electrons. The minimum Gasteiger partial charge on any atom is -0.316 e. The number of carbonyl (C=O) groups excluding carboxylic acids is 1. The number of benzene rings is 3. The summed E-state index contributed by atoms with van der Waals surface area (Å²) in [6.45, 7) is 4.71. The van der Waals surface area contributed by atoms with E-state index in [9.17, 15) is 18.0 Å². The smallest absolute Gasteiger partial charge is 0.296 e. The van der Waals surface area contributed by atoms with Crippen molar-refractivity contribution in [1.82, 2.24) is 19.4 Å². The first-order chi connectivity index (χ1) is 21.4. The van der Waals surface area contributed by atoms with Gasteiger partial charge in [-0.1, -0.05) is 59.6 Å². The van der Waals surface area contributed by atoms with E-state index in [0.29, 0.717) is 32.7 Å². The van der Waals surface area contributed by atoms with Gasteiger partial charge in [-0.05, 0) is 69.3 Å². The summed E-state index contributed by atoms with van der Waals surface area (Å²) in [6.07, 6.45) is 1.46. The van der Waals surface area contributed by atoms with Crippen molar-refractivity contribution in [3.05, 3.63) is 128 Å². The van der Waals surface area contributed by atoms with Gasteiger partial charge in [0, 0.05) is 29.0 Å². The van der Waals surface area contributed by atoms with E-state index in [1.807, 2.05) is 30.5 Å². The van der Waals surface area contributed by atoms with Gasteiger partial charge in [0.1, 0.15) is 12.2 Å². The zero-order valence-corrected chi connectivity index (χ0v) is 27.2. The first kappa shape index (κ1) is 31.8. The number of hydrogen-bond donors (Lipinski definition) is 1. The molecule has 45 heavy (non-hydrogen) atoms. The first-order valence-electron chi connectivity index (χ1n) is 13.8. The Hall–Kier alpha value is -4.58. The van der Waals surface area contributed by atoms with Crippen LogP contribution in [0.25, 0.3) is 11.4 Å². The molecule has 0 bridgehead atoms. The van der Waals surface area contributed by atoms with Crippen LogP contribution >= 0.6 is 23.2 Å². The molecule has 5 aromatic rings. The SMILES string of the molecule is Cc1cc(/C=N\NC(=O)CN(c2c(C)n(C)n(-c3ccccc3)c2=O)S(=O)(=O)c2ccccc2)c(C)n1-c1cc(Cl)ccc1Cl. The molecule has 0 radical (unpaired) electrons. The number of nitrogens with one attached hydrogen (secondary N) is 1. The molecule has 2 heterocycles. The third-order valence-electron chi connectivity index (χ3n) is 7.40. The van der Waals surface area contributed by atoms with E-state index < -0.39 is 28.0 Å². The number of halogens is 2. The maximum atomic E-state index is 13.9. The molecule has 13 heteroatoms. The van der Waals surface area contributed by atoms with Crippen molar-refractivity contribution in [3.63, 3.8) is 0 Å². The molecule has 0 atom stereocenters. The molecule has 2 aromatic heterocycles. The first-order valence-corrected chi connectivity index (χ1v) is 16.0. The summed E-state index contributed by atoms with van der Waals surface area (Å²) < 4.78 is 33.5. The molecule has 0 aliphatic rings. The van der Waals surface area contributed by atoms with Gasteiger partial charge in [0.2, 0.25) is 0 Å². The highest BCUT2D eigenvalue weighted by Gasteiger charge is 2.33. The normalized spacial score (nSPS) is 11.7. The molecule has 0 unspecified atom stereocenters. The van der Waals surface area contributed by atoms with Crippen molar-refractivity contribution in [1.29, 1.82) is 0 Å². The van der Waals surface area contributed by atoms with E-state index in [4.69, 9.17) is 23.2 Å². The van der Waals surface area contributed by atoms with Crippen molar-refractivity contribution in [2.24, 2.45) is 12.1 Å². The molecule has 0 saturated heterocycles. The Kier molecular flexibility index (Phi) is 9.06. The number of sulfonamides is 1. The molecule has 0 spiro atoms. The van der Waals surface area contributed by atoms with E-state index >= 15 is 0 Å². The molecule has 1 amide bonds. The monoisotopic (exact) mass is 664 g/mol. The number of carbonyl (C=O) groups is 1. The number of para-hydroxylation sites is 1. The van der Waals surface area contributed by atoms with Crippen LogP contribution in [0.3, 0.4) is 0 Å². The molecule has 0 fully saturated rings. The Bertz CT molecular complexity index is 2090. The molecule has 1 N–H and O–H groups in total. The number of aryl methyl sites for hydroxylation is 1. The second kappa shape index (κ2) is 12.8. The highest BCUT2D eigenvalue weighted by atomic mass is 35.5. The Morgan fingerprint density at radius 1 is 0.933 bits per heavy atom. The van der Waals surface area contributed by atoms with Gasteiger partial charge in [0.25, 0.3) is 21.5 Å². The van der Waals surface area contributed by atoms with Gasteiger partial charge in [-0.15, -0.1) is 0 Å². The minimum atomic E-state index is -4.34. The lowest BCUT2D eigenvalue weighted by atomic mass is 10.2. The van der Waals surface area contributed by atoms with Crippen LogP contribution in [-0.2, 0) is 21.9 Å². The van der Waals surface area contributed by atoms with Crippen LogP contribution in [0.1, 0.15) is 22.6 Å². The van der Waals surface area contributed by atoms with Crippen LogP contribution in [0, 0.1) is 20.8 Å². The number of hydrazone groups is 1. The fourth-order valence-electron chi connectivity index (χ4n) is 5.13. The van der Waals surface area contributed by atoms with Crippen molar-refractivity contribution >= 4 is 51.0 Å². The summed E-state index contributed by atoms with van der Waals surface area (Å²) in [4.78, 5) is 27.0. The Morgan fingerprint density at radius 3 is 2.24 bits per heavy atom. The largest absolute Gasteiger partial charge is 0.316 e. The molecule has 0 aliphatic carbocycles. The van der Waals surface area contributed by atoms with Gasteiger partial charge >= 0.3 is 0 Å². The summed E-state index contributed by atoms with van der Waals surface area (Å²) in [5, 5.41) is 5.15. The van der Waals surface area contributed by atoms with Crippen LogP contribution in [0.5, 0.6) is 0 Å². The molecule has 3 aromatic carbocycles. The Balaban J connectivity index is 1.47. The minimum absolute atomic E-state index is 0.0673. The summed E-state index contributed by atoms with van der Waals surface area (Å²) in [6, 6.07) is 23.5. The van der Waals surface area contributed by atoms with E-state index in [1.165, 1.54) is 23.0 Å². The van der Waals surface area contributed by atoms with Crippen LogP contribution in [0.2, 0.25) is 10.0 Å². The highest BCUT2D eigenvalue weighted by Crippen LogP contribution is 2.29. The zero-order chi connectivity index (χ0) is 32.5. The third-order valence-corrected chi connectivity index (χ3v) is 9.72. The Labute approximate surface area is 270 Å². The molecular weight excluding hydrogens is 635 g/mol. The quantitative estimate of drug-likeness (QED) is 0.165. The maximum absolute atomic E-state index is 13.9. The van der Waals surface area contributed by atoms with Gasteiger partial charge < -0.3 is 4.57 Å². The fraction of sp³-hybridized carbons (Fsp3) is 0.156. The van der Waals surface area contributed by atoms with Crippen LogP contribution in [0.15, 0.2) is 99.7 Å². The lowest BCUT2D eigenvalue weighted by Gasteiger charge is -2.22. The summed E-state index contributed by atoms with van der Waals surface area (Å²) >= 11 is 12.6. The van der Waals surface area contributed by atoms with Gasteiger partial charge in [0.05, 0.1) is 33.2 Å². The molecule has 0 aliphatic heterocycles. The lowest BCUT2D eigenvalue weighted by Crippen LogP contribution is -2.42. The summed E-state index contributed by atoms with van der Waals surface area (Å²) in [5.74, 6) is -0.744. The zero-order valence-electron chi connectivity index (χ0n) is 24.9. The van der Waals surface area contributed by atoms with E-state index in [-0.39, 0.29) is 10.6 Å².